The lowest BCUT2D eigenvalue weighted by molar-refractivity contribution is 0.0526. The summed E-state index contributed by atoms with van der Waals surface area (Å²) in [5.74, 6) is 0.578. The van der Waals surface area contributed by atoms with Crippen molar-refractivity contribution in [3.63, 3.8) is 0 Å². The van der Waals surface area contributed by atoms with Gasteiger partial charge in [0, 0.05) is 10.6 Å². The van der Waals surface area contributed by atoms with Crippen molar-refractivity contribution in [2.75, 3.05) is 17.2 Å². The van der Waals surface area contributed by atoms with Crippen LogP contribution in [0.5, 0.6) is 0 Å². The van der Waals surface area contributed by atoms with Crippen LogP contribution in [0.3, 0.4) is 0 Å². The van der Waals surface area contributed by atoms with Crippen molar-refractivity contribution in [2.45, 2.75) is 46.5 Å². The second-order valence-electron chi connectivity index (χ2n) is 8.04. The number of fused-ring (bicyclic) bond motifs is 2. The van der Waals surface area contributed by atoms with Gasteiger partial charge in [-0.1, -0.05) is 17.7 Å². The molecule has 3 aromatic heterocycles. The van der Waals surface area contributed by atoms with Crippen molar-refractivity contribution in [1.82, 2.24) is 20.3 Å². The number of thiophene rings is 1. The van der Waals surface area contributed by atoms with E-state index in [0.717, 1.165) is 42.5 Å². The number of aromatic nitrogens is 4. The van der Waals surface area contributed by atoms with Crippen molar-refractivity contribution in [2.24, 2.45) is 0 Å². The number of carbonyl (C=O) groups is 1. The Hall–Kier alpha value is -3.53. The van der Waals surface area contributed by atoms with Crippen LogP contribution < -0.4 is 10.6 Å². The first-order chi connectivity index (χ1) is 16.0. The van der Waals surface area contributed by atoms with Crippen molar-refractivity contribution in [3.8, 4) is 0 Å². The van der Waals surface area contributed by atoms with Gasteiger partial charge in [0.1, 0.15) is 5.00 Å². The third kappa shape index (κ3) is 4.13. The number of nitrogens with one attached hydrogen (secondary N) is 2. The largest absolute Gasteiger partial charge is 0.462 e. The minimum absolute atomic E-state index is 0.280. The highest BCUT2D eigenvalue weighted by Gasteiger charge is 2.27. The lowest BCUT2D eigenvalue weighted by atomic mass is 9.95. The molecule has 0 atom stereocenters. The van der Waals surface area contributed by atoms with Gasteiger partial charge in [0.05, 0.1) is 12.2 Å². The lowest BCUT2D eigenvalue weighted by Gasteiger charge is -2.14. The van der Waals surface area contributed by atoms with Crippen LogP contribution in [0.4, 0.5) is 22.3 Å². The molecule has 5 rings (SSSR count). The highest BCUT2D eigenvalue weighted by molar-refractivity contribution is 7.16. The Morgan fingerprint density at radius 1 is 1.09 bits per heavy atom. The molecule has 0 saturated heterocycles. The fourth-order valence-electron chi connectivity index (χ4n) is 4.07. The van der Waals surface area contributed by atoms with Crippen LogP contribution >= 0.6 is 11.3 Å². The van der Waals surface area contributed by atoms with E-state index in [1.54, 1.807) is 11.3 Å². The van der Waals surface area contributed by atoms with Crippen molar-refractivity contribution in [3.05, 3.63) is 45.3 Å². The van der Waals surface area contributed by atoms with Gasteiger partial charge in [0.15, 0.2) is 11.6 Å². The van der Waals surface area contributed by atoms with Crippen LogP contribution in [0.25, 0.3) is 11.3 Å². The summed E-state index contributed by atoms with van der Waals surface area (Å²) in [5.41, 5.74) is 5.38. The summed E-state index contributed by atoms with van der Waals surface area (Å²) in [6.45, 7) is 6.20. The Labute approximate surface area is 194 Å². The maximum Gasteiger partial charge on any atom is 0.341 e. The molecule has 1 aliphatic rings. The Bertz CT molecular complexity index is 1350. The maximum absolute atomic E-state index is 12.9. The molecular weight excluding hydrogens is 440 g/mol. The van der Waals surface area contributed by atoms with E-state index in [2.05, 4.69) is 37.0 Å². The van der Waals surface area contributed by atoms with Crippen LogP contribution in [-0.2, 0) is 17.6 Å². The summed E-state index contributed by atoms with van der Waals surface area (Å²) in [6.07, 6.45) is 4.00. The number of nitrogens with zero attached hydrogens (tertiary/aromatic N) is 4. The molecule has 170 valence electrons. The number of aryl methyl sites for hydroxylation is 3. The van der Waals surface area contributed by atoms with E-state index in [4.69, 9.17) is 9.37 Å². The molecule has 3 heterocycles. The molecule has 2 N–H and O–H groups in total. The molecule has 10 heteroatoms. The summed E-state index contributed by atoms with van der Waals surface area (Å²) in [5, 5.41) is 15.1. The van der Waals surface area contributed by atoms with Gasteiger partial charge in [0.25, 0.3) is 0 Å². The monoisotopic (exact) mass is 464 g/mol. The van der Waals surface area contributed by atoms with Crippen LogP contribution in [0, 0.1) is 13.8 Å². The van der Waals surface area contributed by atoms with Gasteiger partial charge in [-0.3, -0.25) is 0 Å². The zero-order valence-electron chi connectivity index (χ0n) is 18.7. The first-order valence-corrected chi connectivity index (χ1v) is 11.8. The highest BCUT2D eigenvalue weighted by atomic mass is 32.1. The summed E-state index contributed by atoms with van der Waals surface area (Å²) in [7, 11) is 0. The number of carbonyl (C=O) groups excluding carboxylic acids is 1. The van der Waals surface area contributed by atoms with Gasteiger partial charge in [0.2, 0.25) is 11.3 Å². The van der Waals surface area contributed by atoms with E-state index in [1.807, 2.05) is 32.9 Å². The van der Waals surface area contributed by atoms with Crippen LogP contribution in [0.15, 0.2) is 22.8 Å². The minimum atomic E-state index is -0.319. The molecule has 0 saturated carbocycles. The van der Waals surface area contributed by atoms with E-state index in [9.17, 15) is 4.79 Å². The first-order valence-electron chi connectivity index (χ1n) is 11.0. The fraction of sp³-hybridized carbons (Fsp3) is 0.348. The zero-order valence-corrected chi connectivity index (χ0v) is 19.5. The van der Waals surface area contributed by atoms with Gasteiger partial charge >= 0.3 is 5.97 Å². The summed E-state index contributed by atoms with van der Waals surface area (Å²) in [4.78, 5) is 23.2. The molecule has 0 amide bonds. The van der Waals surface area contributed by atoms with E-state index >= 15 is 0 Å². The number of ether oxygens (including phenoxy) is 1. The Morgan fingerprint density at radius 2 is 1.82 bits per heavy atom. The fourth-order valence-corrected chi connectivity index (χ4v) is 5.35. The quantitative estimate of drug-likeness (QED) is 0.370. The average Bonchev–Trinajstić information content (AvgIpc) is 3.39. The number of rotatable bonds is 6. The van der Waals surface area contributed by atoms with Crippen LogP contribution in [0.1, 0.15) is 51.7 Å². The van der Waals surface area contributed by atoms with Gasteiger partial charge in [-0.2, -0.15) is 0 Å². The molecule has 9 nitrogen and oxygen atoms in total. The van der Waals surface area contributed by atoms with E-state index in [0.29, 0.717) is 34.5 Å². The standard InChI is InChI=1S/C23H24N6O3S/c1-4-31-23(30)17-14-7-5-6-8-16(14)33-22(17)27-19-18(25-20-21(26-19)29-32-28-20)24-15-10-9-12(2)11-13(15)3/h9-11H,4-8H2,1-3H3,(H,24,25,28)(H,26,27,29). The van der Waals surface area contributed by atoms with E-state index < -0.39 is 0 Å². The van der Waals surface area contributed by atoms with Gasteiger partial charge in [-0.05, 0) is 74.0 Å². The predicted octanol–water partition coefficient (Wildman–Crippen LogP) is 5.23. The van der Waals surface area contributed by atoms with Crippen LogP contribution in [-0.4, -0.2) is 32.9 Å². The molecular formula is C23H24N6O3S. The molecule has 0 bridgehead atoms. The molecule has 4 aromatic rings. The Morgan fingerprint density at radius 3 is 2.55 bits per heavy atom. The normalized spacial score (nSPS) is 13.1. The molecule has 1 aromatic carbocycles. The number of anilines is 4. The second kappa shape index (κ2) is 8.78. The van der Waals surface area contributed by atoms with Gasteiger partial charge in [-0.15, -0.1) is 11.3 Å². The topological polar surface area (TPSA) is 115 Å². The van der Waals surface area contributed by atoms with E-state index in [1.165, 1.54) is 10.4 Å². The lowest BCUT2D eigenvalue weighted by Crippen LogP contribution is -2.11. The van der Waals surface area contributed by atoms with E-state index in [-0.39, 0.29) is 11.6 Å². The Balaban J connectivity index is 1.58. The third-order valence-corrected chi connectivity index (χ3v) is 6.84. The molecule has 33 heavy (non-hydrogen) atoms. The number of hydrogen-bond acceptors (Lipinski definition) is 10. The van der Waals surface area contributed by atoms with Crippen molar-refractivity contribution < 1.29 is 14.2 Å². The van der Waals surface area contributed by atoms with Gasteiger partial charge in [-0.25, -0.2) is 19.4 Å². The predicted molar refractivity (Wildman–Crippen MR) is 127 cm³/mol. The zero-order chi connectivity index (χ0) is 22.9. The average molecular weight is 465 g/mol. The number of esters is 1. The summed E-state index contributed by atoms with van der Waals surface area (Å²) in [6, 6.07) is 6.11. The summed E-state index contributed by atoms with van der Waals surface area (Å²) < 4.78 is 10.2. The number of hydrogen-bond donors (Lipinski definition) is 2. The first kappa shape index (κ1) is 21.3. The molecule has 0 unspecified atom stereocenters. The van der Waals surface area contributed by atoms with Crippen molar-refractivity contribution >= 4 is 50.9 Å². The molecule has 0 radical (unpaired) electrons. The molecule has 1 aliphatic carbocycles. The highest BCUT2D eigenvalue weighted by Crippen LogP contribution is 2.41. The smallest absolute Gasteiger partial charge is 0.341 e. The summed E-state index contributed by atoms with van der Waals surface area (Å²) >= 11 is 1.57. The molecule has 0 fully saturated rings. The third-order valence-electron chi connectivity index (χ3n) is 5.63. The maximum atomic E-state index is 12.9. The Kier molecular flexibility index (Phi) is 5.67. The SMILES string of the molecule is CCOC(=O)c1c(Nc2nc3nonc3nc2Nc2ccc(C)cc2C)sc2c1CCCC2. The molecule has 0 aliphatic heterocycles. The van der Waals surface area contributed by atoms with Gasteiger partial charge < -0.3 is 15.4 Å². The minimum Gasteiger partial charge on any atom is -0.462 e. The molecule has 0 spiro atoms. The number of benzene rings is 1. The van der Waals surface area contributed by atoms with Crippen LogP contribution in [0.2, 0.25) is 0 Å². The van der Waals surface area contributed by atoms with Crippen molar-refractivity contribution in [1.29, 1.82) is 0 Å². The second-order valence-corrected chi connectivity index (χ2v) is 9.14.